The molecule has 0 aromatic heterocycles. The molecule has 0 aliphatic heterocycles. The summed E-state index contributed by atoms with van der Waals surface area (Å²) in [5.74, 6) is -1.16. The van der Waals surface area contributed by atoms with Gasteiger partial charge in [-0.1, -0.05) is 18.2 Å². The highest BCUT2D eigenvalue weighted by atomic mass is 16.5. The van der Waals surface area contributed by atoms with Crippen molar-refractivity contribution in [2.75, 3.05) is 17.2 Å². The first-order valence-electron chi connectivity index (χ1n) is 8.47. The van der Waals surface area contributed by atoms with E-state index < -0.39 is 11.9 Å². The van der Waals surface area contributed by atoms with Gasteiger partial charge in [0.05, 0.1) is 17.9 Å². The lowest BCUT2D eigenvalue weighted by atomic mass is 10.1. The lowest BCUT2D eigenvalue weighted by Gasteiger charge is -2.10. The number of para-hydroxylation sites is 1. The lowest BCUT2D eigenvalue weighted by molar-refractivity contribution is -0.112. The molecule has 2 rings (SSSR count). The molecule has 0 unspecified atom stereocenters. The van der Waals surface area contributed by atoms with Crippen molar-refractivity contribution in [2.24, 2.45) is 0 Å². The third kappa shape index (κ3) is 5.19. The molecule has 27 heavy (non-hydrogen) atoms. The highest BCUT2D eigenvalue weighted by Gasteiger charge is 2.16. The van der Waals surface area contributed by atoms with Crippen molar-refractivity contribution >= 4 is 23.3 Å². The molecule has 0 saturated carbocycles. The molecule has 0 heterocycles. The summed E-state index contributed by atoms with van der Waals surface area (Å²) in [6, 6.07) is 14.1. The molecule has 0 spiro atoms. The van der Waals surface area contributed by atoms with Crippen molar-refractivity contribution in [3.8, 4) is 6.07 Å². The van der Waals surface area contributed by atoms with Crippen molar-refractivity contribution in [2.45, 2.75) is 20.8 Å². The van der Waals surface area contributed by atoms with Crippen LogP contribution in [0.3, 0.4) is 0 Å². The van der Waals surface area contributed by atoms with Crippen molar-refractivity contribution in [3.05, 3.63) is 70.9 Å². The summed E-state index contributed by atoms with van der Waals surface area (Å²) in [6.07, 6.45) is 1.34. The molecule has 1 amide bonds. The predicted octanol–water partition coefficient (Wildman–Crippen LogP) is 3.94. The summed E-state index contributed by atoms with van der Waals surface area (Å²) >= 11 is 0. The van der Waals surface area contributed by atoms with E-state index in [2.05, 4.69) is 10.6 Å². The van der Waals surface area contributed by atoms with Crippen molar-refractivity contribution in [1.29, 1.82) is 5.26 Å². The zero-order valence-electron chi connectivity index (χ0n) is 15.5. The topological polar surface area (TPSA) is 91.2 Å². The highest BCUT2D eigenvalue weighted by Crippen LogP contribution is 2.18. The maximum atomic E-state index is 12.4. The largest absolute Gasteiger partial charge is 0.462 e. The number of hydrogen-bond donors (Lipinski definition) is 2. The second-order valence-corrected chi connectivity index (χ2v) is 5.83. The lowest BCUT2D eigenvalue weighted by Crippen LogP contribution is -2.17. The number of esters is 1. The number of anilines is 2. The van der Waals surface area contributed by atoms with E-state index in [-0.39, 0.29) is 23.4 Å². The third-order valence-electron chi connectivity index (χ3n) is 3.93. The van der Waals surface area contributed by atoms with Gasteiger partial charge in [0.25, 0.3) is 5.91 Å². The Morgan fingerprint density at radius 3 is 2.56 bits per heavy atom. The predicted molar refractivity (Wildman–Crippen MR) is 104 cm³/mol. The summed E-state index contributed by atoms with van der Waals surface area (Å²) in [5.41, 5.74) is 3.41. The molecule has 0 radical (unpaired) electrons. The molecule has 0 aliphatic carbocycles. The third-order valence-corrected chi connectivity index (χ3v) is 3.93. The van der Waals surface area contributed by atoms with E-state index in [1.807, 2.05) is 38.1 Å². The Hall–Kier alpha value is -3.59. The number of carbonyl (C=O) groups is 2. The highest BCUT2D eigenvalue weighted by molar-refractivity contribution is 6.09. The first kappa shape index (κ1) is 19.7. The van der Waals surface area contributed by atoms with Crippen LogP contribution in [0.5, 0.6) is 0 Å². The van der Waals surface area contributed by atoms with Crippen molar-refractivity contribution < 1.29 is 14.3 Å². The molecule has 138 valence electrons. The molecular formula is C21H21N3O3. The Balaban J connectivity index is 2.17. The van der Waals surface area contributed by atoms with Gasteiger partial charge in [0.15, 0.2) is 0 Å². The number of hydrogen-bond acceptors (Lipinski definition) is 5. The van der Waals surface area contributed by atoms with Crippen LogP contribution in [0.1, 0.15) is 28.4 Å². The van der Waals surface area contributed by atoms with Gasteiger partial charge in [-0.2, -0.15) is 5.26 Å². The molecule has 2 aromatic carbocycles. The molecule has 0 fully saturated rings. The summed E-state index contributed by atoms with van der Waals surface area (Å²) in [4.78, 5) is 24.4. The Morgan fingerprint density at radius 1 is 1.15 bits per heavy atom. The van der Waals surface area contributed by atoms with Gasteiger partial charge in [-0.15, -0.1) is 0 Å². The van der Waals surface area contributed by atoms with E-state index in [4.69, 9.17) is 4.74 Å². The zero-order valence-corrected chi connectivity index (χ0v) is 15.5. The van der Waals surface area contributed by atoms with Gasteiger partial charge >= 0.3 is 5.97 Å². The molecule has 2 aromatic rings. The number of ether oxygens (including phenoxy) is 1. The second kappa shape index (κ2) is 9.20. The minimum atomic E-state index is -0.620. The Bertz CT molecular complexity index is 927. The number of carbonyl (C=O) groups excluding carboxylic acids is 2. The SMILES string of the molecule is CCOC(=O)c1ccccc1NC(=O)/C(C#N)=C\Nc1ccc(C)c(C)c1. The Kier molecular flexibility index (Phi) is 6.73. The van der Waals surface area contributed by atoms with Crippen LogP contribution < -0.4 is 10.6 Å². The van der Waals surface area contributed by atoms with Gasteiger partial charge in [-0.25, -0.2) is 4.79 Å². The Labute approximate surface area is 158 Å². The maximum absolute atomic E-state index is 12.4. The molecular weight excluding hydrogens is 342 g/mol. The van der Waals surface area contributed by atoms with Gasteiger partial charge < -0.3 is 15.4 Å². The van der Waals surface area contributed by atoms with Crippen LogP contribution in [-0.4, -0.2) is 18.5 Å². The summed E-state index contributed by atoms with van der Waals surface area (Å²) in [6.45, 7) is 5.91. The number of nitrogens with zero attached hydrogens (tertiary/aromatic N) is 1. The molecule has 0 atom stereocenters. The molecule has 0 saturated heterocycles. The minimum Gasteiger partial charge on any atom is -0.462 e. The second-order valence-electron chi connectivity index (χ2n) is 5.83. The first-order chi connectivity index (χ1) is 13.0. The van der Waals surface area contributed by atoms with E-state index in [9.17, 15) is 14.9 Å². The van der Waals surface area contributed by atoms with E-state index in [0.29, 0.717) is 0 Å². The number of benzene rings is 2. The van der Waals surface area contributed by atoms with E-state index in [1.54, 1.807) is 31.2 Å². The normalized spacial score (nSPS) is 10.7. The van der Waals surface area contributed by atoms with Crippen LogP contribution in [0.15, 0.2) is 54.2 Å². The summed E-state index contributed by atoms with van der Waals surface area (Å²) < 4.78 is 4.98. The van der Waals surface area contributed by atoms with Crippen LogP contribution in [0.25, 0.3) is 0 Å². The van der Waals surface area contributed by atoms with E-state index >= 15 is 0 Å². The number of amides is 1. The molecule has 2 N–H and O–H groups in total. The van der Waals surface area contributed by atoms with Crippen LogP contribution >= 0.6 is 0 Å². The fourth-order valence-corrected chi connectivity index (χ4v) is 2.30. The average Bonchev–Trinajstić information content (AvgIpc) is 2.65. The minimum absolute atomic E-state index is 0.119. The molecule has 6 nitrogen and oxygen atoms in total. The Morgan fingerprint density at radius 2 is 1.89 bits per heavy atom. The quantitative estimate of drug-likeness (QED) is 0.461. The summed E-state index contributed by atoms with van der Waals surface area (Å²) in [7, 11) is 0. The average molecular weight is 363 g/mol. The standard InChI is InChI=1S/C21H21N3O3/c1-4-27-21(26)18-7-5-6-8-19(18)24-20(25)16(12-22)13-23-17-10-9-14(2)15(3)11-17/h5-11,13,23H,4H2,1-3H3,(H,24,25)/b16-13-. The van der Waals surface area contributed by atoms with Crippen LogP contribution in [0.2, 0.25) is 0 Å². The van der Waals surface area contributed by atoms with Crippen molar-refractivity contribution in [1.82, 2.24) is 0 Å². The number of nitrogens with one attached hydrogen (secondary N) is 2. The number of nitriles is 1. The number of aryl methyl sites for hydroxylation is 2. The molecule has 0 aliphatic rings. The molecule has 0 bridgehead atoms. The fraction of sp³-hybridized carbons (Fsp3) is 0.190. The van der Waals surface area contributed by atoms with Gasteiger partial charge in [0.1, 0.15) is 11.6 Å². The maximum Gasteiger partial charge on any atom is 0.340 e. The fourth-order valence-electron chi connectivity index (χ4n) is 2.30. The monoisotopic (exact) mass is 363 g/mol. The smallest absolute Gasteiger partial charge is 0.340 e. The first-order valence-corrected chi connectivity index (χ1v) is 8.47. The van der Waals surface area contributed by atoms with Gasteiger partial charge in [-0.3, -0.25) is 4.79 Å². The zero-order chi connectivity index (χ0) is 19.8. The van der Waals surface area contributed by atoms with E-state index in [0.717, 1.165) is 16.8 Å². The molecule has 6 heteroatoms. The number of rotatable bonds is 6. The van der Waals surface area contributed by atoms with Gasteiger partial charge in [-0.05, 0) is 56.2 Å². The van der Waals surface area contributed by atoms with Crippen LogP contribution in [-0.2, 0) is 9.53 Å². The summed E-state index contributed by atoms with van der Waals surface area (Å²) in [5, 5.41) is 14.8. The van der Waals surface area contributed by atoms with Crippen LogP contribution in [0.4, 0.5) is 11.4 Å². The van der Waals surface area contributed by atoms with Crippen LogP contribution in [0, 0.1) is 25.2 Å². The van der Waals surface area contributed by atoms with Crippen molar-refractivity contribution in [3.63, 3.8) is 0 Å². The van der Waals surface area contributed by atoms with Gasteiger partial charge in [0, 0.05) is 11.9 Å². The van der Waals surface area contributed by atoms with E-state index in [1.165, 1.54) is 6.20 Å². The van der Waals surface area contributed by atoms with Gasteiger partial charge in [0.2, 0.25) is 0 Å².